The number of rotatable bonds is 4. The van der Waals surface area contributed by atoms with Crippen LogP contribution in [-0.4, -0.2) is 11.5 Å². The molecule has 1 aromatic heterocycles. The fourth-order valence-corrected chi connectivity index (χ4v) is 2.37. The number of benzene rings is 1. The molecular weight excluding hydrogens is 261 g/mol. The summed E-state index contributed by atoms with van der Waals surface area (Å²) in [6, 6.07) is 1.31. The minimum atomic E-state index is -0.933. The van der Waals surface area contributed by atoms with Crippen LogP contribution in [0.3, 0.4) is 0 Å². The second-order valence-corrected chi connectivity index (χ2v) is 4.53. The van der Waals surface area contributed by atoms with E-state index < -0.39 is 17.5 Å². The molecule has 6 heteroatoms. The minimum Gasteiger partial charge on any atom is -0.311 e. The molecule has 0 saturated carbocycles. The van der Waals surface area contributed by atoms with Crippen LogP contribution in [0.1, 0.15) is 12.6 Å². The first-order valence-electron chi connectivity index (χ1n) is 5.42. The highest BCUT2D eigenvalue weighted by Crippen LogP contribution is 2.29. The van der Waals surface area contributed by atoms with Gasteiger partial charge in [0.1, 0.15) is 22.5 Å². The first kappa shape index (κ1) is 13.0. The predicted molar refractivity (Wildman–Crippen MR) is 64.8 cm³/mol. The lowest BCUT2D eigenvalue weighted by molar-refractivity contribution is 0.548. The van der Waals surface area contributed by atoms with E-state index in [2.05, 4.69) is 10.3 Å². The van der Waals surface area contributed by atoms with Gasteiger partial charge in [-0.3, -0.25) is 0 Å². The lowest BCUT2D eigenvalue weighted by Gasteiger charge is -2.01. The van der Waals surface area contributed by atoms with Gasteiger partial charge in [0.2, 0.25) is 0 Å². The lowest BCUT2D eigenvalue weighted by Crippen LogP contribution is -2.11. The van der Waals surface area contributed by atoms with Crippen LogP contribution in [0, 0.1) is 17.5 Å². The number of hydrogen-bond donors (Lipinski definition) is 1. The van der Waals surface area contributed by atoms with Crippen LogP contribution in [0.5, 0.6) is 0 Å². The number of nitrogens with one attached hydrogen (secondary N) is 1. The first-order valence-corrected chi connectivity index (χ1v) is 6.29. The van der Waals surface area contributed by atoms with Gasteiger partial charge in [0, 0.05) is 24.1 Å². The van der Waals surface area contributed by atoms with Crippen molar-refractivity contribution in [2.24, 2.45) is 0 Å². The van der Waals surface area contributed by atoms with Crippen LogP contribution >= 0.6 is 11.3 Å². The Morgan fingerprint density at radius 1 is 1.22 bits per heavy atom. The number of nitrogens with zero attached hydrogens (tertiary/aromatic N) is 1. The maximum Gasteiger partial charge on any atom is 0.139 e. The molecule has 1 N–H and O–H groups in total. The molecule has 0 aliphatic carbocycles. The average molecular weight is 272 g/mol. The normalized spacial score (nSPS) is 10.9. The van der Waals surface area contributed by atoms with Gasteiger partial charge in [0.05, 0.1) is 11.3 Å². The molecule has 0 amide bonds. The number of halogens is 3. The Bertz CT molecular complexity index is 531. The van der Waals surface area contributed by atoms with Crippen LogP contribution in [0.4, 0.5) is 13.2 Å². The summed E-state index contributed by atoms with van der Waals surface area (Å²) in [6.45, 7) is 3.27. The third-order valence-corrected chi connectivity index (χ3v) is 3.24. The Morgan fingerprint density at radius 3 is 2.50 bits per heavy atom. The van der Waals surface area contributed by atoms with Gasteiger partial charge in [-0.25, -0.2) is 18.2 Å². The number of hydrogen-bond acceptors (Lipinski definition) is 3. The summed E-state index contributed by atoms with van der Waals surface area (Å²) in [5.74, 6) is -2.80. The Kier molecular flexibility index (Phi) is 3.98. The smallest absolute Gasteiger partial charge is 0.139 e. The Balaban J connectivity index is 2.34. The molecule has 0 aliphatic heterocycles. The predicted octanol–water partition coefficient (Wildman–Crippen LogP) is 3.34. The van der Waals surface area contributed by atoms with Crippen molar-refractivity contribution in [1.29, 1.82) is 0 Å². The Hall–Kier alpha value is -1.40. The van der Waals surface area contributed by atoms with Crippen molar-refractivity contribution in [2.75, 3.05) is 6.54 Å². The number of aromatic nitrogens is 1. The van der Waals surface area contributed by atoms with Crippen LogP contribution in [0.25, 0.3) is 10.6 Å². The van der Waals surface area contributed by atoms with Crippen LogP contribution in [0.2, 0.25) is 0 Å². The van der Waals surface area contributed by atoms with Crippen LogP contribution < -0.4 is 5.32 Å². The molecule has 0 radical (unpaired) electrons. The zero-order valence-corrected chi connectivity index (χ0v) is 10.5. The highest BCUT2D eigenvalue weighted by molar-refractivity contribution is 7.13. The van der Waals surface area contributed by atoms with Crippen molar-refractivity contribution in [3.63, 3.8) is 0 Å². The first-order chi connectivity index (χ1) is 8.61. The summed E-state index contributed by atoms with van der Waals surface area (Å²) in [5.41, 5.74) is 0.434. The van der Waals surface area contributed by atoms with Crippen molar-refractivity contribution in [2.45, 2.75) is 13.5 Å². The van der Waals surface area contributed by atoms with E-state index in [1.165, 1.54) is 0 Å². The molecule has 0 spiro atoms. The molecular formula is C12H11F3N2S. The lowest BCUT2D eigenvalue weighted by atomic mass is 10.2. The van der Waals surface area contributed by atoms with Gasteiger partial charge in [0.15, 0.2) is 0 Å². The van der Waals surface area contributed by atoms with E-state index in [1.54, 1.807) is 5.38 Å². The molecule has 0 atom stereocenters. The van der Waals surface area contributed by atoms with Crippen molar-refractivity contribution < 1.29 is 13.2 Å². The maximum atomic E-state index is 13.5. The van der Waals surface area contributed by atoms with E-state index >= 15 is 0 Å². The molecule has 1 heterocycles. The summed E-state index contributed by atoms with van der Waals surface area (Å²) in [7, 11) is 0. The van der Waals surface area contributed by atoms with E-state index in [0.717, 1.165) is 17.9 Å². The topological polar surface area (TPSA) is 24.9 Å². The molecule has 18 heavy (non-hydrogen) atoms. The van der Waals surface area contributed by atoms with Crippen LogP contribution in [0.15, 0.2) is 17.5 Å². The van der Waals surface area contributed by atoms with Crippen molar-refractivity contribution in [3.8, 4) is 10.6 Å². The van der Waals surface area contributed by atoms with Crippen molar-refractivity contribution in [1.82, 2.24) is 10.3 Å². The standard InChI is InChI=1S/C12H11F3N2S/c1-2-16-5-8-6-18-12(17-8)11-9(14)3-7(13)4-10(11)15/h3-4,6,16H,2,5H2,1H3. The van der Waals surface area contributed by atoms with E-state index in [4.69, 9.17) is 0 Å². The summed E-state index contributed by atoms with van der Waals surface area (Å²) in [4.78, 5) is 4.12. The summed E-state index contributed by atoms with van der Waals surface area (Å²) >= 11 is 1.13. The SMILES string of the molecule is CCNCc1csc(-c2c(F)cc(F)cc2F)n1. The maximum absolute atomic E-state index is 13.5. The molecule has 96 valence electrons. The summed E-state index contributed by atoms with van der Waals surface area (Å²) < 4.78 is 39.8. The van der Waals surface area contributed by atoms with Crippen molar-refractivity contribution in [3.05, 3.63) is 40.7 Å². The monoisotopic (exact) mass is 272 g/mol. The molecule has 0 unspecified atom stereocenters. The number of thiazole rings is 1. The van der Waals surface area contributed by atoms with Gasteiger partial charge in [-0.1, -0.05) is 6.92 Å². The second-order valence-electron chi connectivity index (χ2n) is 3.67. The van der Waals surface area contributed by atoms with E-state index in [-0.39, 0.29) is 10.6 Å². The molecule has 0 fully saturated rings. The van der Waals surface area contributed by atoms with E-state index in [9.17, 15) is 13.2 Å². The second kappa shape index (κ2) is 5.49. The summed E-state index contributed by atoms with van der Waals surface area (Å²) in [6.07, 6.45) is 0. The highest BCUT2D eigenvalue weighted by Gasteiger charge is 2.16. The molecule has 2 nitrogen and oxygen atoms in total. The molecule has 0 bridgehead atoms. The molecule has 2 rings (SSSR count). The van der Waals surface area contributed by atoms with Gasteiger partial charge in [-0.2, -0.15) is 0 Å². The third-order valence-electron chi connectivity index (χ3n) is 2.33. The fraction of sp³-hybridized carbons (Fsp3) is 0.250. The quantitative estimate of drug-likeness (QED) is 0.923. The molecule has 0 saturated heterocycles. The fourth-order valence-electron chi connectivity index (χ4n) is 1.50. The average Bonchev–Trinajstić information content (AvgIpc) is 2.73. The van der Waals surface area contributed by atoms with Gasteiger partial charge in [0.25, 0.3) is 0 Å². The van der Waals surface area contributed by atoms with E-state index in [1.807, 2.05) is 6.92 Å². The Labute approximate surface area is 106 Å². The largest absolute Gasteiger partial charge is 0.311 e. The molecule has 1 aromatic carbocycles. The van der Waals surface area contributed by atoms with Gasteiger partial charge < -0.3 is 5.32 Å². The zero-order chi connectivity index (χ0) is 13.1. The third kappa shape index (κ3) is 2.70. The van der Waals surface area contributed by atoms with Gasteiger partial charge >= 0.3 is 0 Å². The van der Waals surface area contributed by atoms with Crippen molar-refractivity contribution >= 4 is 11.3 Å². The molecule has 2 aromatic rings. The van der Waals surface area contributed by atoms with E-state index in [0.29, 0.717) is 24.4 Å². The molecule has 0 aliphatic rings. The summed E-state index contributed by atoms with van der Waals surface area (Å²) in [5, 5.41) is 5.01. The van der Waals surface area contributed by atoms with Gasteiger partial charge in [-0.15, -0.1) is 11.3 Å². The highest BCUT2D eigenvalue weighted by atomic mass is 32.1. The minimum absolute atomic E-state index is 0.220. The Morgan fingerprint density at radius 2 is 1.89 bits per heavy atom. The van der Waals surface area contributed by atoms with Crippen LogP contribution in [-0.2, 0) is 6.54 Å². The zero-order valence-electron chi connectivity index (χ0n) is 9.64. The van der Waals surface area contributed by atoms with Gasteiger partial charge in [-0.05, 0) is 6.54 Å².